The van der Waals surface area contributed by atoms with Gasteiger partial charge in [-0.1, -0.05) is 63.0 Å². The van der Waals surface area contributed by atoms with E-state index in [1.807, 2.05) is 26.0 Å². The lowest BCUT2D eigenvalue weighted by molar-refractivity contribution is -0.119. The largest absolute Gasteiger partial charge is 0.380 e. The minimum Gasteiger partial charge on any atom is -0.380 e. The average Bonchev–Trinajstić information content (AvgIpc) is 2.97. The number of hydrogen-bond acceptors (Lipinski definition) is 6. The molecule has 4 aliphatic heterocycles. The standard InChI is InChI=1S/C33H52N2O4S/c1-6-29-15-20-38-24-33(29)22-28(14-19-35(33)27(5)40(36,37)30-12-10-25(3)11-13-30)26(4)31-16-21-39-23-32(31)17-8-9-18-34(32)7-2/h10-14,26-27,29,31H,6-9,15-24H2,1-5H3/t26?,27?,29-,31+,32+,33+/m0/s1. The molecule has 2 spiro atoms. The molecule has 3 saturated heterocycles. The lowest BCUT2D eigenvalue weighted by atomic mass is 9.63. The maximum Gasteiger partial charge on any atom is 0.194 e. The molecule has 0 bridgehead atoms. The van der Waals surface area contributed by atoms with E-state index in [2.05, 4.69) is 36.6 Å². The highest BCUT2D eigenvalue weighted by Gasteiger charge is 2.54. The number of rotatable bonds is 7. The number of benzene rings is 1. The summed E-state index contributed by atoms with van der Waals surface area (Å²) in [6.07, 6.45) is 10.2. The second-order valence-corrected chi connectivity index (χ2v) is 15.2. The van der Waals surface area contributed by atoms with E-state index in [4.69, 9.17) is 9.47 Å². The van der Waals surface area contributed by atoms with Crippen LogP contribution in [-0.4, -0.2) is 80.7 Å². The van der Waals surface area contributed by atoms with Crippen LogP contribution in [0.1, 0.15) is 78.2 Å². The van der Waals surface area contributed by atoms with E-state index < -0.39 is 15.2 Å². The zero-order valence-corrected chi connectivity index (χ0v) is 26.3. The highest BCUT2D eigenvalue weighted by molar-refractivity contribution is 7.92. The predicted molar refractivity (Wildman–Crippen MR) is 161 cm³/mol. The van der Waals surface area contributed by atoms with Crippen molar-refractivity contribution in [3.63, 3.8) is 0 Å². The molecule has 0 aliphatic carbocycles. The first-order valence-corrected chi connectivity index (χ1v) is 17.4. The van der Waals surface area contributed by atoms with Crippen molar-refractivity contribution in [2.45, 2.75) is 101 Å². The van der Waals surface area contributed by atoms with Gasteiger partial charge in [0.05, 0.1) is 23.6 Å². The van der Waals surface area contributed by atoms with Crippen molar-refractivity contribution in [3.8, 4) is 0 Å². The summed E-state index contributed by atoms with van der Waals surface area (Å²) in [5, 5.41) is -0.623. The van der Waals surface area contributed by atoms with Crippen LogP contribution >= 0.6 is 0 Å². The van der Waals surface area contributed by atoms with Crippen molar-refractivity contribution in [3.05, 3.63) is 41.5 Å². The van der Waals surface area contributed by atoms with E-state index in [9.17, 15) is 8.42 Å². The molecule has 0 aromatic heterocycles. The van der Waals surface area contributed by atoms with E-state index in [1.165, 1.54) is 31.4 Å². The summed E-state index contributed by atoms with van der Waals surface area (Å²) in [4.78, 5) is 5.43. The number of ether oxygens (including phenoxy) is 2. The summed E-state index contributed by atoms with van der Waals surface area (Å²) in [6.45, 7) is 16.8. The SMILES string of the molecule is CC[C@H]1CCOC[C@]12CC(C(C)[C@H]1CCOC[C@]13CCCCN3CC)=CCN2C(C)S(=O)(=O)c1ccc(C)cc1. The number of aryl methyl sites for hydroxylation is 1. The number of hydrogen-bond donors (Lipinski definition) is 0. The van der Waals surface area contributed by atoms with Gasteiger partial charge < -0.3 is 9.47 Å². The van der Waals surface area contributed by atoms with Gasteiger partial charge in [-0.2, -0.15) is 0 Å². The summed E-state index contributed by atoms with van der Waals surface area (Å²) >= 11 is 0. The number of likely N-dealkylation sites (N-methyl/N-ethyl adjacent to an activating group) is 1. The van der Waals surface area contributed by atoms with Crippen LogP contribution in [0.3, 0.4) is 0 Å². The minimum atomic E-state index is -3.54. The summed E-state index contributed by atoms with van der Waals surface area (Å²) in [5.74, 6) is 1.38. The Morgan fingerprint density at radius 2 is 1.70 bits per heavy atom. The predicted octanol–water partition coefficient (Wildman–Crippen LogP) is 5.85. The molecular formula is C33H52N2O4S. The van der Waals surface area contributed by atoms with Crippen LogP contribution in [0.5, 0.6) is 0 Å². The molecular weight excluding hydrogens is 520 g/mol. The average molecular weight is 573 g/mol. The summed E-state index contributed by atoms with van der Waals surface area (Å²) in [6, 6.07) is 7.34. The van der Waals surface area contributed by atoms with E-state index >= 15 is 0 Å². The minimum absolute atomic E-state index is 0.116. The molecule has 4 heterocycles. The third-order valence-corrected chi connectivity index (χ3v) is 13.3. The molecule has 6 atom stereocenters. The molecule has 0 radical (unpaired) electrons. The fourth-order valence-electron chi connectivity index (χ4n) is 8.81. The van der Waals surface area contributed by atoms with Gasteiger partial charge in [0.2, 0.25) is 0 Å². The Balaban J connectivity index is 1.49. The third kappa shape index (κ3) is 5.23. The Hall–Kier alpha value is -1.25. The molecule has 7 heteroatoms. The Labute approximate surface area is 243 Å². The molecule has 0 amide bonds. The molecule has 3 fully saturated rings. The maximum atomic E-state index is 14.0. The van der Waals surface area contributed by atoms with Gasteiger partial charge in [-0.15, -0.1) is 0 Å². The summed E-state index contributed by atoms with van der Waals surface area (Å²) in [5.41, 5.74) is 2.39. The zero-order chi connectivity index (χ0) is 28.5. The number of nitrogens with zero attached hydrogens (tertiary/aromatic N) is 2. The van der Waals surface area contributed by atoms with Crippen LogP contribution in [-0.2, 0) is 19.3 Å². The first kappa shape index (κ1) is 30.2. The van der Waals surface area contributed by atoms with Crippen molar-refractivity contribution in [2.75, 3.05) is 46.1 Å². The molecule has 4 aliphatic rings. The van der Waals surface area contributed by atoms with Crippen LogP contribution in [0.15, 0.2) is 40.8 Å². The van der Waals surface area contributed by atoms with Gasteiger partial charge in [0, 0.05) is 25.3 Å². The van der Waals surface area contributed by atoms with Crippen molar-refractivity contribution in [1.82, 2.24) is 9.80 Å². The van der Waals surface area contributed by atoms with Crippen molar-refractivity contribution in [2.24, 2.45) is 17.8 Å². The third-order valence-electron chi connectivity index (χ3n) is 11.2. The van der Waals surface area contributed by atoms with Gasteiger partial charge in [0.1, 0.15) is 5.37 Å². The Morgan fingerprint density at radius 1 is 1.00 bits per heavy atom. The van der Waals surface area contributed by atoms with Crippen LogP contribution in [0.2, 0.25) is 0 Å². The molecule has 224 valence electrons. The van der Waals surface area contributed by atoms with E-state index in [-0.39, 0.29) is 11.1 Å². The van der Waals surface area contributed by atoms with Crippen LogP contribution in [0.25, 0.3) is 0 Å². The maximum absolute atomic E-state index is 14.0. The van der Waals surface area contributed by atoms with E-state index in [1.54, 1.807) is 12.1 Å². The molecule has 5 rings (SSSR count). The summed E-state index contributed by atoms with van der Waals surface area (Å²) in [7, 11) is -3.54. The number of sulfone groups is 1. The first-order chi connectivity index (χ1) is 19.2. The van der Waals surface area contributed by atoms with Crippen LogP contribution in [0, 0.1) is 24.7 Å². The van der Waals surface area contributed by atoms with Gasteiger partial charge >= 0.3 is 0 Å². The number of piperidine rings is 1. The second kappa shape index (κ2) is 12.2. The number of likely N-dealkylation sites (tertiary alicyclic amines) is 1. The van der Waals surface area contributed by atoms with E-state index in [0.29, 0.717) is 35.8 Å². The Morgan fingerprint density at radius 3 is 2.40 bits per heavy atom. The highest BCUT2D eigenvalue weighted by atomic mass is 32.2. The molecule has 6 nitrogen and oxygen atoms in total. The second-order valence-electron chi connectivity index (χ2n) is 13.0. The van der Waals surface area contributed by atoms with Gasteiger partial charge in [0.25, 0.3) is 0 Å². The summed E-state index contributed by atoms with van der Waals surface area (Å²) < 4.78 is 40.4. The quantitative estimate of drug-likeness (QED) is 0.382. The van der Waals surface area contributed by atoms with Crippen LogP contribution < -0.4 is 0 Å². The lowest BCUT2D eigenvalue weighted by Gasteiger charge is -2.58. The zero-order valence-electron chi connectivity index (χ0n) is 25.5. The molecule has 0 N–H and O–H groups in total. The molecule has 40 heavy (non-hydrogen) atoms. The molecule has 0 saturated carbocycles. The fourth-order valence-corrected chi connectivity index (χ4v) is 10.4. The Bertz CT molecular complexity index is 1150. The van der Waals surface area contributed by atoms with E-state index in [0.717, 1.165) is 57.6 Å². The molecule has 1 aromatic rings. The normalized spacial score (nSPS) is 34.1. The van der Waals surface area contributed by atoms with Gasteiger partial charge in [-0.3, -0.25) is 9.80 Å². The Kier molecular flexibility index (Phi) is 9.19. The molecule has 1 aromatic carbocycles. The van der Waals surface area contributed by atoms with Crippen molar-refractivity contribution >= 4 is 9.84 Å². The van der Waals surface area contributed by atoms with Gasteiger partial charge in [-0.05, 0) is 88.9 Å². The highest BCUT2D eigenvalue weighted by Crippen LogP contribution is 2.50. The van der Waals surface area contributed by atoms with Crippen molar-refractivity contribution in [1.29, 1.82) is 0 Å². The molecule has 2 unspecified atom stereocenters. The topological polar surface area (TPSA) is 59.1 Å². The fraction of sp³-hybridized carbons (Fsp3) is 0.758. The van der Waals surface area contributed by atoms with Crippen LogP contribution in [0.4, 0.5) is 0 Å². The lowest BCUT2D eigenvalue weighted by Crippen LogP contribution is -2.66. The smallest absolute Gasteiger partial charge is 0.194 e. The van der Waals surface area contributed by atoms with Gasteiger partial charge in [0.15, 0.2) is 9.84 Å². The first-order valence-electron chi connectivity index (χ1n) is 15.9. The monoisotopic (exact) mass is 572 g/mol. The van der Waals surface area contributed by atoms with Crippen molar-refractivity contribution < 1.29 is 17.9 Å². The van der Waals surface area contributed by atoms with Gasteiger partial charge in [-0.25, -0.2) is 8.42 Å².